The summed E-state index contributed by atoms with van der Waals surface area (Å²) in [4.78, 5) is 13.0. The van der Waals surface area contributed by atoms with Gasteiger partial charge in [0.15, 0.2) is 10.8 Å². The van der Waals surface area contributed by atoms with Crippen LogP contribution in [0.3, 0.4) is 0 Å². The van der Waals surface area contributed by atoms with Gasteiger partial charge in [0.2, 0.25) is 0 Å². The molecule has 0 fully saturated rings. The van der Waals surface area contributed by atoms with E-state index in [1.807, 2.05) is 36.6 Å². The monoisotopic (exact) mass is 272 g/mol. The lowest BCUT2D eigenvalue weighted by atomic mass is 10.2. The highest BCUT2D eigenvalue weighted by Crippen LogP contribution is 2.22. The fourth-order valence-electron chi connectivity index (χ4n) is 2.16. The van der Waals surface area contributed by atoms with E-state index >= 15 is 0 Å². The van der Waals surface area contributed by atoms with Gasteiger partial charge in [0, 0.05) is 6.54 Å². The first kappa shape index (κ1) is 12.1. The van der Waals surface area contributed by atoms with Gasteiger partial charge in [0.1, 0.15) is 17.2 Å². The third-order valence-electron chi connectivity index (χ3n) is 3.05. The summed E-state index contributed by atoms with van der Waals surface area (Å²) in [5.74, 6) is 1.53. The molecule has 0 aliphatic heterocycles. The maximum Gasteiger partial charge on any atom is 0.182 e. The van der Waals surface area contributed by atoms with E-state index in [1.165, 1.54) is 5.56 Å². The number of halogens is 1. The van der Waals surface area contributed by atoms with Gasteiger partial charge < -0.3 is 4.57 Å². The smallest absolute Gasteiger partial charge is 0.182 e. The lowest BCUT2D eigenvalue weighted by molar-refractivity contribution is 0.785. The van der Waals surface area contributed by atoms with E-state index in [0.717, 1.165) is 17.9 Å². The van der Waals surface area contributed by atoms with E-state index < -0.39 is 0 Å². The molecule has 3 rings (SSSR count). The summed E-state index contributed by atoms with van der Waals surface area (Å²) < 4.78 is 2.05. The zero-order chi connectivity index (χ0) is 13.4. The summed E-state index contributed by atoms with van der Waals surface area (Å²) in [5.41, 5.74) is 2.65. The van der Waals surface area contributed by atoms with Crippen LogP contribution >= 0.6 is 11.6 Å². The Morgan fingerprint density at radius 1 is 1.05 bits per heavy atom. The summed E-state index contributed by atoms with van der Waals surface area (Å²) >= 11 is 6.24. The van der Waals surface area contributed by atoms with Crippen LogP contribution in [0.4, 0.5) is 0 Å². The summed E-state index contributed by atoms with van der Waals surface area (Å²) in [6.45, 7) is 4.49. The molecule has 0 saturated heterocycles. The molecular formula is C14H13ClN4. The molecule has 0 spiro atoms. The van der Waals surface area contributed by atoms with Crippen molar-refractivity contribution in [3.8, 4) is 0 Å². The minimum absolute atomic E-state index is 0.457. The molecule has 0 aliphatic rings. The highest BCUT2D eigenvalue weighted by atomic mass is 35.5. The van der Waals surface area contributed by atoms with E-state index in [-0.39, 0.29) is 0 Å². The van der Waals surface area contributed by atoms with Gasteiger partial charge in [-0.2, -0.15) is 0 Å². The van der Waals surface area contributed by atoms with Gasteiger partial charge in [0.05, 0.1) is 0 Å². The molecule has 0 radical (unpaired) electrons. The Morgan fingerprint density at radius 3 is 2.53 bits per heavy atom. The van der Waals surface area contributed by atoms with Crippen LogP contribution in [0, 0.1) is 13.8 Å². The normalized spacial score (nSPS) is 11.1. The molecule has 0 aliphatic carbocycles. The Bertz CT molecular complexity index is 734. The van der Waals surface area contributed by atoms with E-state index in [1.54, 1.807) is 0 Å². The Hall–Kier alpha value is -1.94. The van der Waals surface area contributed by atoms with Crippen molar-refractivity contribution in [2.75, 3.05) is 0 Å². The molecular weight excluding hydrogens is 260 g/mol. The van der Waals surface area contributed by atoms with Crippen LogP contribution in [0.5, 0.6) is 0 Å². The van der Waals surface area contributed by atoms with Crippen LogP contribution < -0.4 is 0 Å². The molecule has 0 unspecified atom stereocenters. The molecule has 2 heterocycles. The number of nitrogens with zero attached hydrogens (tertiary/aromatic N) is 4. The van der Waals surface area contributed by atoms with Gasteiger partial charge in [-0.05, 0) is 19.4 Å². The average Bonchev–Trinajstić information content (AvgIpc) is 2.67. The predicted molar refractivity (Wildman–Crippen MR) is 75.4 cm³/mol. The molecule has 96 valence electrons. The second-order valence-corrected chi connectivity index (χ2v) is 4.82. The fourth-order valence-corrected chi connectivity index (χ4v) is 2.47. The summed E-state index contributed by atoms with van der Waals surface area (Å²) in [7, 11) is 0. The van der Waals surface area contributed by atoms with Crippen molar-refractivity contribution in [2.45, 2.75) is 20.4 Å². The van der Waals surface area contributed by atoms with Gasteiger partial charge in [-0.25, -0.2) is 15.0 Å². The van der Waals surface area contributed by atoms with Gasteiger partial charge in [-0.1, -0.05) is 41.9 Å². The third kappa shape index (κ3) is 2.19. The highest BCUT2D eigenvalue weighted by Gasteiger charge is 2.14. The molecule has 0 N–H and O–H groups in total. The van der Waals surface area contributed by atoms with Crippen molar-refractivity contribution in [3.05, 3.63) is 52.7 Å². The number of hydrogen-bond donors (Lipinski definition) is 0. The molecule has 4 nitrogen and oxygen atoms in total. The lowest BCUT2D eigenvalue weighted by Gasteiger charge is -2.07. The first-order valence-corrected chi connectivity index (χ1v) is 6.44. The molecule has 0 bridgehead atoms. The first-order chi connectivity index (χ1) is 9.15. The van der Waals surface area contributed by atoms with Gasteiger partial charge in [-0.3, -0.25) is 0 Å². The van der Waals surface area contributed by atoms with Crippen molar-refractivity contribution in [1.29, 1.82) is 0 Å². The standard InChI is InChI=1S/C14H13ClN4/c1-9-16-13(15)12-14(17-9)18-10(2)19(12)8-11-6-4-3-5-7-11/h3-7H,8H2,1-2H3. The number of aromatic nitrogens is 4. The van der Waals surface area contributed by atoms with Gasteiger partial charge in [-0.15, -0.1) is 0 Å². The second-order valence-electron chi connectivity index (χ2n) is 4.46. The first-order valence-electron chi connectivity index (χ1n) is 6.06. The van der Waals surface area contributed by atoms with Gasteiger partial charge >= 0.3 is 0 Å². The molecule has 1 aromatic carbocycles. The van der Waals surface area contributed by atoms with Crippen molar-refractivity contribution >= 4 is 22.8 Å². The van der Waals surface area contributed by atoms with Crippen LogP contribution in [-0.4, -0.2) is 19.5 Å². The van der Waals surface area contributed by atoms with Crippen LogP contribution in [0.1, 0.15) is 17.2 Å². The summed E-state index contributed by atoms with van der Waals surface area (Å²) in [6.07, 6.45) is 0. The van der Waals surface area contributed by atoms with Crippen molar-refractivity contribution < 1.29 is 0 Å². The van der Waals surface area contributed by atoms with E-state index in [9.17, 15) is 0 Å². The molecule has 19 heavy (non-hydrogen) atoms. The summed E-state index contributed by atoms with van der Waals surface area (Å²) in [5, 5.41) is 0.457. The van der Waals surface area contributed by atoms with Crippen molar-refractivity contribution in [1.82, 2.24) is 19.5 Å². The Kier molecular flexibility index (Phi) is 2.95. The number of imidazole rings is 1. The Balaban J connectivity index is 2.16. The molecule has 5 heteroatoms. The number of hydrogen-bond acceptors (Lipinski definition) is 3. The number of benzene rings is 1. The number of fused-ring (bicyclic) bond motifs is 1. The molecule has 0 amide bonds. The minimum atomic E-state index is 0.457. The zero-order valence-corrected chi connectivity index (χ0v) is 11.5. The van der Waals surface area contributed by atoms with E-state index in [2.05, 4.69) is 27.1 Å². The maximum atomic E-state index is 6.24. The van der Waals surface area contributed by atoms with Crippen molar-refractivity contribution in [3.63, 3.8) is 0 Å². The van der Waals surface area contributed by atoms with Crippen LogP contribution in [0.15, 0.2) is 30.3 Å². The molecule has 3 aromatic rings. The van der Waals surface area contributed by atoms with Crippen molar-refractivity contribution in [2.24, 2.45) is 0 Å². The fraction of sp³-hybridized carbons (Fsp3) is 0.214. The van der Waals surface area contributed by atoms with E-state index in [4.69, 9.17) is 11.6 Å². The number of rotatable bonds is 2. The highest BCUT2D eigenvalue weighted by molar-refractivity contribution is 6.33. The zero-order valence-electron chi connectivity index (χ0n) is 10.8. The van der Waals surface area contributed by atoms with Gasteiger partial charge in [0.25, 0.3) is 0 Å². The molecule has 0 saturated carbocycles. The minimum Gasteiger partial charge on any atom is -0.320 e. The predicted octanol–water partition coefficient (Wildman–Crippen LogP) is 3.14. The van der Waals surface area contributed by atoms with Crippen LogP contribution in [-0.2, 0) is 6.54 Å². The molecule has 0 atom stereocenters. The summed E-state index contributed by atoms with van der Waals surface area (Å²) in [6, 6.07) is 10.2. The largest absolute Gasteiger partial charge is 0.320 e. The Labute approximate surface area is 116 Å². The topological polar surface area (TPSA) is 43.6 Å². The average molecular weight is 273 g/mol. The van der Waals surface area contributed by atoms with E-state index in [0.29, 0.717) is 16.6 Å². The lowest BCUT2D eigenvalue weighted by Crippen LogP contribution is -2.03. The number of aryl methyl sites for hydroxylation is 2. The Morgan fingerprint density at radius 2 is 1.79 bits per heavy atom. The van der Waals surface area contributed by atoms with Crippen LogP contribution in [0.25, 0.3) is 11.2 Å². The third-order valence-corrected chi connectivity index (χ3v) is 3.31. The van der Waals surface area contributed by atoms with Crippen LogP contribution in [0.2, 0.25) is 5.15 Å². The quantitative estimate of drug-likeness (QED) is 0.673. The molecule has 2 aromatic heterocycles. The SMILES string of the molecule is Cc1nc(Cl)c2c(n1)nc(C)n2Cc1ccccc1. The maximum absolute atomic E-state index is 6.24. The second kappa shape index (κ2) is 4.63.